The number of ether oxygens (including phenoxy) is 1. The van der Waals surface area contributed by atoms with E-state index < -0.39 is 4.92 Å². The van der Waals surface area contributed by atoms with Gasteiger partial charge >= 0.3 is 0 Å². The minimum absolute atomic E-state index is 0.0264. The lowest BCUT2D eigenvalue weighted by atomic mass is 10.1. The van der Waals surface area contributed by atoms with Crippen LogP contribution in [0.4, 0.5) is 5.69 Å². The molecule has 0 bridgehead atoms. The summed E-state index contributed by atoms with van der Waals surface area (Å²) in [7, 11) is 0. The summed E-state index contributed by atoms with van der Waals surface area (Å²) >= 11 is 5.70. The predicted octanol–water partition coefficient (Wildman–Crippen LogP) is 1.72. The molecule has 0 radical (unpaired) electrons. The maximum absolute atomic E-state index is 12.1. The zero-order valence-corrected chi connectivity index (χ0v) is 10.2. The van der Waals surface area contributed by atoms with Gasteiger partial charge in [-0.1, -0.05) is 11.6 Å². The van der Waals surface area contributed by atoms with Gasteiger partial charge in [-0.2, -0.15) is 0 Å². The summed E-state index contributed by atoms with van der Waals surface area (Å²) in [4.78, 5) is 23.8. The Morgan fingerprint density at radius 1 is 1.39 bits per heavy atom. The molecule has 0 aliphatic carbocycles. The number of benzene rings is 1. The van der Waals surface area contributed by atoms with E-state index in [2.05, 4.69) is 0 Å². The predicted molar refractivity (Wildman–Crippen MR) is 64.8 cm³/mol. The fourth-order valence-corrected chi connectivity index (χ4v) is 1.92. The van der Waals surface area contributed by atoms with Crippen LogP contribution in [0, 0.1) is 10.1 Å². The van der Waals surface area contributed by atoms with Crippen molar-refractivity contribution in [1.29, 1.82) is 0 Å². The Bertz CT molecular complexity index is 486. The number of hydrogen-bond acceptors (Lipinski definition) is 4. The molecule has 0 unspecified atom stereocenters. The molecule has 0 spiro atoms. The zero-order chi connectivity index (χ0) is 13.1. The average Bonchev–Trinajstić information content (AvgIpc) is 2.39. The van der Waals surface area contributed by atoms with Gasteiger partial charge in [0.25, 0.3) is 11.6 Å². The number of morpholine rings is 1. The van der Waals surface area contributed by atoms with Gasteiger partial charge in [-0.25, -0.2) is 0 Å². The van der Waals surface area contributed by atoms with E-state index in [1.54, 1.807) is 4.90 Å². The number of nitrogens with zero attached hydrogens (tertiary/aromatic N) is 2. The number of nitro benzene ring substituents is 1. The molecule has 1 aliphatic heterocycles. The van der Waals surface area contributed by atoms with Gasteiger partial charge in [0.15, 0.2) is 0 Å². The first-order chi connectivity index (χ1) is 8.59. The second-order valence-corrected chi connectivity index (χ2v) is 4.24. The van der Waals surface area contributed by atoms with Gasteiger partial charge in [0.1, 0.15) is 5.02 Å². The molecule has 0 aromatic heterocycles. The highest BCUT2D eigenvalue weighted by atomic mass is 35.5. The fraction of sp³-hybridized carbons (Fsp3) is 0.364. The Balaban J connectivity index is 2.24. The molecule has 7 heteroatoms. The number of carbonyl (C=O) groups is 1. The summed E-state index contributed by atoms with van der Waals surface area (Å²) in [6.45, 7) is 1.97. The van der Waals surface area contributed by atoms with E-state index >= 15 is 0 Å². The Labute approximate surface area is 108 Å². The summed E-state index contributed by atoms with van der Waals surface area (Å²) in [5.74, 6) is -0.238. The van der Waals surface area contributed by atoms with Crippen molar-refractivity contribution in [1.82, 2.24) is 4.90 Å². The monoisotopic (exact) mass is 270 g/mol. The molecule has 96 valence electrons. The number of rotatable bonds is 2. The molecule has 1 aliphatic rings. The van der Waals surface area contributed by atoms with Crippen LogP contribution in [0.5, 0.6) is 0 Å². The Morgan fingerprint density at radius 2 is 2.06 bits per heavy atom. The van der Waals surface area contributed by atoms with Crippen LogP contribution >= 0.6 is 11.6 Å². The van der Waals surface area contributed by atoms with Crippen LogP contribution in [0.15, 0.2) is 18.2 Å². The lowest BCUT2D eigenvalue weighted by Crippen LogP contribution is -2.40. The summed E-state index contributed by atoms with van der Waals surface area (Å²) in [6, 6.07) is 4.07. The number of amides is 1. The minimum atomic E-state index is -0.599. The number of carbonyl (C=O) groups excluding carboxylic acids is 1. The summed E-state index contributed by atoms with van der Waals surface area (Å²) in [5.41, 5.74) is 0.0174. The molecule has 2 rings (SSSR count). The Morgan fingerprint density at radius 3 is 2.67 bits per heavy atom. The van der Waals surface area contributed by atoms with Gasteiger partial charge in [0, 0.05) is 24.7 Å². The van der Waals surface area contributed by atoms with Crippen molar-refractivity contribution in [2.24, 2.45) is 0 Å². The molecule has 0 N–H and O–H groups in total. The van der Waals surface area contributed by atoms with Gasteiger partial charge < -0.3 is 9.64 Å². The maximum atomic E-state index is 12.1. The molecule has 1 saturated heterocycles. The van der Waals surface area contributed by atoms with E-state index in [4.69, 9.17) is 16.3 Å². The third-order valence-electron chi connectivity index (χ3n) is 2.69. The largest absolute Gasteiger partial charge is 0.378 e. The third kappa shape index (κ3) is 2.60. The van der Waals surface area contributed by atoms with Crippen molar-refractivity contribution in [3.8, 4) is 0 Å². The smallest absolute Gasteiger partial charge is 0.288 e. The lowest BCUT2D eigenvalue weighted by Gasteiger charge is -2.26. The minimum Gasteiger partial charge on any atom is -0.378 e. The molecule has 1 heterocycles. The Kier molecular flexibility index (Phi) is 3.78. The first-order valence-electron chi connectivity index (χ1n) is 5.40. The second kappa shape index (κ2) is 5.32. The molecule has 18 heavy (non-hydrogen) atoms. The standard InChI is InChI=1S/C11H11ClN2O4/c12-9-2-1-8(7-10(9)14(16)17)11(15)13-3-5-18-6-4-13/h1-2,7H,3-6H2. The summed E-state index contributed by atoms with van der Waals surface area (Å²) in [6.07, 6.45) is 0. The van der Waals surface area contributed by atoms with E-state index in [-0.39, 0.29) is 22.2 Å². The van der Waals surface area contributed by atoms with Crippen LogP contribution in [0.25, 0.3) is 0 Å². The van der Waals surface area contributed by atoms with E-state index in [0.717, 1.165) is 0 Å². The zero-order valence-electron chi connectivity index (χ0n) is 9.47. The van der Waals surface area contributed by atoms with Crippen molar-refractivity contribution < 1.29 is 14.5 Å². The average molecular weight is 271 g/mol. The molecule has 1 fully saturated rings. The van der Waals surface area contributed by atoms with Gasteiger partial charge in [-0.05, 0) is 12.1 Å². The quantitative estimate of drug-likeness (QED) is 0.606. The van der Waals surface area contributed by atoms with Crippen molar-refractivity contribution in [3.63, 3.8) is 0 Å². The second-order valence-electron chi connectivity index (χ2n) is 3.83. The first-order valence-corrected chi connectivity index (χ1v) is 5.78. The highest BCUT2D eigenvalue weighted by Gasteiger charge is 2.21. The summed E-state index contributed by atoms with van der Waals surface area (Å²) < 4.78 is 5.14. The lowest BCUT2D eigenvalue weighted by molar-refractivity contribution is -0.384. The third-order valence-corrected chi connectivity index (χ3v) is 3.01. The van der Waals surface area contributed by atoms with Crippen LogP contribution in [-0.4, -0.2) is 42.0 Å². The normalized spacial score (nSPS) is 15.5. The molecule has 1 aromatic carbocycles. The van der Waals surface area contributed by atoms with Gasteiger partial charge in [-0.15, -0.1) is 0 Å². The van der Waals surface area contributed by atoms with Crippen molar-refractivity contribution in [3.05, 3.63) is 38.9 Å². The Hall–Kier alpha value is -1.66. The van der Waals surface area contributed by atoms with Crippen molar-refractivity contribution >= 4 is 23.2 Å². The molecule has 0 atom stereocenters. The van der Waals surface area contributed by atoms with E-state index in [9.17, 15) is 14.9 Å². The highest BCUT2D eigenvalue weighted by Crippen LogP contribution is 2.25. The topological polar surface area (TPSA) is 72.7 Å². The highest BCUT2D eigenvalue weighted by molar-refractivity contribution is 6.32. The van der Waals surface area contributed by atoms with Crippen LogP contribution in [0.2, 0.25) is 5.02 Å². The number of halogens is 1. The van der Waals surface area contributed by atoms with Crippen molar-refractivity contribution in [2.75, 3.05) is 26.3 Å². The van der Waals surface area contributed by atoms with Crippen LogP contribution < -0.4 is 0 Å². The van der Waals surface area contributed by atoms with Crippen molar-refractivity contribution in [2.45, 2.75) is 0 Å². The molecular weight excluding hydrogens is 260 g/mol. The first kappa shape index (κ1) is 12.8. The van der Waals surface area contributed by atoms with Crippen LogP contribution in [0.3, 0.4) is 0 Å². The maximum Gasteiger partial charge on any atom is 0.288 e. The SMILES string of the molecule is O=C(c1ccc(Cl)c([N+](=O)[O-])c1)N1CCOCC1. The molecule has 0 saturated carbocycles. The molecular formula is C11H11ClN2O4. The number of nitro groups is 1. The van der Waals surface area contributed by atoms with Gasteiger partial charge in [0.05, 0.1) is 18.1 Å². The molecule has 1 amide bonds. The molecule has 1 aromatic rings. The molecule has 6 nitrogen and oxygen atoms in total. The van der Waals surface area contributed by atoms with E-state index in [1.165, 1.54) is 18.2 Å². The van der Waals surface area contributed by atoms with Gasteiger partial charge in [-0.3, -0.25) is 14.9 Å². The van der Waals surface area contributed by atoms with E-state index in [1.807, 2.05) is 0 Å². The van der Waals surface area contributed by atoms with Gasteiger partial charge in [0.2, 0.25) is 0 Å². The number of hydrogen-bond donors (Lipinski definition) is 0. The fourth-order valence-electron chi connectivity index (χ4n) is 1.73. The van der Waals surface area contributed by atoms with E-state index in [0.29, 0.717) is 26.3 Å². The summed E-state index contributed by atoms with van der Waals surface area (Å²) in [5, 5.41) is 10.8. The van der Waals surface area contributed by atoms with Crippen LogP contribution in [0.1, 0.15) is 10.4 Å². The van der Waals surface area contributed by atoms with Crippen LogP contribution in [-0.2, 0) is 4.74 Å².